The van der Waals surface area contributed by atoms with Crippen molar-refractivity contribution in [3.63, 3.8) is 0 Å². The van der Waals surface area contributed by atoms with Crippen LogP contribution >= 0.6 is 7.82 Å². The Labute approximate surface area is 438 Å². The molecule has 0 spiro atoms. The summed E-state index contributed by atoms with van der Waals surface area (Å²) in [4.78, 5) is 23.1. The lowest BCUT2D eigenvalue weighted by molar-refractivity contribution is -0.870. The molecule has 71 heavy (non-hydrogen) atoms. The van der Waals surface area contributed by atoms with Gasteiger partial charge in [0.25, 0.3) is 0 Å². The number of esters is 1. The highest BCUT2D eigenvalue weighted by molar-refractivity contribution is 7.47. The van der Waals surface area contributed by atoms with Crippen molar-refractivity contribution in [2.75, 3.05) is 54.1 Å². The fraction of sp³-hybridized carbons (Fsp3) is 0.726. The first kappa shape index (κ1) is 68.4. The highest BCUT2D eigenvalue weighted by Crippen LogP contribution is 2.43. The average molecular weight is 1010 g/mol. The van der Waals surface area contributed by atoms with E-state index in [1.807, 2.05) is 21.1 Å². The summed E-state index contributed by atoms with van der Waals surface area (Å²) >= 11 is 0. The molecular formula is C62H111NO7P+. The maximum Gasteiger partial charge on any atom is 0.472 e. The molecule has 0 saturated carbocycles. The van der Waals surface area contributed by atoms with E-state index in [1.54, 1.807) is 0 Å². The topological polar surface area (TPSA) is 91.3 Å². The first-order valence-electron chi connectivity index (χ1n) is 29.0. The van der Waals surface area contributed by atoms with E-state index in [0.717, 1.165) is 83.5 Å². The van der Waals surface area contributed by atoms with Crippen LogP contribution in [0.1, 0.15) is 232 Å². The van der Waals surface area contributed by atoms with Crippen LogP contribution in [-0.2, 0) is 27.9 Å². The summed E-state index contributed by atoms with van der Waals surface area (Å²) in [6.07, 6.45) is 74.8. The first-order valence-corrected chi connectivity index (χ1v) is 30.5. The van der Waals surface area contributed by atoms with Crippen LogP contribution in [0, 0.1) is 0 Å². The second-order valence-corrected chi connectivity index (χ2v) is 21.7. The van der Waals surface area contributed by atoms with E-state index in [1.165, 1.54) is 128 Å². The van der Waals surface area contributed by atoms with Crippen molar-refractivity contribution in [2.24, 2.45) is 0 Å². The Hall–Kier alpha value is -2.58. The van der Waals surface area contributed by atoms with Crippen LogP contribution < -0.4 is 0 Å². The molecule has 0 rings (SSSR count). The fourth-order valence-corrected chi connectivity index (χ4v) is 8.45. The Morgan fingerprint density at radius 1 is 0.451 bits per heavy atom. The highest BCUT2D eigenvalue weighted by Gasteiger charge is 2.26. The number of hydrogen-bond donors (Lipinski definition) is 1. The van der Waals surface area contributed by atoms with Crippen molar-refractivity contribution in [2.45, 2.75) is 238 Å². The summed E-state index contributed by atoms with van der Waals surface area (Å²) in [5, 5.41) is 0. The number of carbonyl (C=O) groups is 1. The zero-order valence-corrected chi connectivity index (χ0v) is 47.6. The minimum atomic E-state index is -4.30. The van der Waals surface area contributed by atoms with Crippen LogP contribution in [0.25, 0.3) is 0 Å². The predicted octanol–water partition coefficient (Wildman–Crippen LogP) is 18.5. The van der Waals surface area contributed by atoms with Crippen LogP contribution in [-0.4, -0.2) is 75.6 Å². The third-order valence-corrected chi connectivity index (χ3v) is 13.1. The third kappa shape index (κ3) is 58.2. The van der Waals surface area contributed by atoms with Gasteiger partial charge in [0.15, 0.2) is 0 Å². The quantitative estimate of drug-likeness (QED) is 0.0213. The number of carbonyl (C=O) groups excluding carboxylic acids is 1. The lowest BCUT2D eigenvalue weighted by Crippen LogP contribution is -2.37. The average Bonchev–Trinajstić information content (AvgIpc) is 3.33. The number of hydrogen-bond acceptors (Lipinski definition) is 6. The molecule has 0 aromatic carbocycles. The molecule has 0 amide bonds. The standard InChI is InChI=1S/C62H110NO7P/c1-6-8-10-12-14-16-18-20-22-24-26-28-30-32-33-35-37-39-41-43-45-47-49-51-53-55-62(64)70-61(60-69-71(65,66)68-58-56-63(3,4)5)59-67-57-54-52-50-48-46-44-42-40-38-36-34-31-29-27-25-23-21-19-17-15-13-11-9-7-2/h9,11,15,17,21,23-24,26-27,29,34,36,40,42,46,48,61H,6-8,10,12-14,16,18-20,22,25,28,30-33,35,37-39,41,43-45,47,49-60H2,1-5H3/p+1/b11-9-,17-15-,23-21-,26-24-,29-27-,36-34-,42-40-,48-46-. The van der Waals surface area contributed by atoms with Gasteiger partial charge in [-0.15, -0.1) is 0 Å². The molecule has 0 radical (unpaired) electrons. The second kappa shape index (κ2) is 53.7. The van der Waals surface area contributed by atoms with Gasteiger partial charge in [-0.2, -0.15) is 0 Å². The van der Waals surface area contributed by atoms with Gasteiger partial charge in [-0.1, -0.05) is 227 Å². The Bertz CT molecular complexity index is 1460. The zero-order chi connectivity index (χ0) is 51.9. The molecule has 0 aromatic heterocycles. The van der Waals surface area contributed by atoms with E-state index in [0.29, 0.717) is 24.1 Å². The van der Waals surface area contributed by atoms with Gasteiger partial charge >= 0.3 is 13.8 Å². The molecule has 8 nitrogen and oxygen atoms in total. The molecular weight excluding hydrogens is 902 g/mol. The summed E-state index contributed by atoms with van der Waals surface area (Å²) < 4.78 is 35.2. The smallest absolute Gasteiger partial charge is 0.457 e. The van der Waals surface area contributed by atoms with E-state index < -0.39 is 13.9 Å². The molecule has 0 aliphatic heterocycles. The zero-order valence-electron chi connectivity index (χ0n) is 46.7. The van der Waals surface area contributed by atoms with Crippen LogP contribution in [0.3, 0.4) is 0 Å². The van der Waals surface area contributed by atoms with Crippen molar-refractivity contribution >= 4 is 13.8 Å². The maximum atomic E-state index is 12.8. The molecule has 2 atom stereocenters. The van der Waals surface area contributed by atoms with Crippen LogP contribution in [0.5, 0.6) is 0 Å². The van der Waals surface area contributed by atoms with Gasteiger partial charge in [0.2, 0.25) is 0 Å². The second-order valence-electron chi connectivity index (χ2n) is 20.3. The minimum absolute atomic E-state index is 0.0754. The number of quaternary nitrogens is 1. The minimum Gasteiger partial charge on any atom is -0.457 e. The number of likely N-dealkylation sites (N-methyl/N-ethyl adjacent to an activating group) is 1. The largest absolute Gasteiger partial charge is 0.472 e. The van der Waals surface area contributed by atoms with Crippen molar-refractivity contribution in [1.29, 1.82) is 0 Å². The fourth-order valence-electron chi connectivity index (χ4n) is 7.71. The number of phosphoric acid groups is 1. The summed E-state index contributed by atoms with van der Waals surface area (Å²) in [6.45, 7) is 5.40. The van der Waals surface area contributed by atoms with E-state index in [4.69, 9.17) is 18.5 Å². The summed E-state index contributed by atoms with van der Waals surface area (Å²) in [5.74, 6) is -0.330. The van der Waals surface area contributed by atoms with Gasteiger partial charge in [0.1, 0.15) is 19.3 Å². The lowest BCUT2D eigenvalue weighted by Gasteiger charge is -2.24. The maximum absolute atomic E-state index is 12.8. The molecule has 0 heterocycles. The van der Waals surface area contributed by atoms with Gasteiger partial charge in [0, 0.05) is 13.0 Å². The molecule has 2 unspecified atom stereocenters. The molecule has 0 bridgehead atoms. The Kier molecular flexibility index (Phi) is 51.8. The van der Waals surface area contributed by atoms with Gasteiger partial charge < -0.3 is 18.9 Å². The molecule has 410 valence electrons. The molecule has 0 fully saturated rings. The van der Waals surface area contributed by atoms with Gasteiger partial charge in [-0.05, 0) is 96.3 Å². The van der Waals surface area contributed by atoms with Crippen molar-refractivity contribution < 1.29 is 37.3 Å². The van der Waals surface area contributed by atoms with Crippen molar-refractivity contribution in [3.05, 3.63) is 97.2 Å². The van der Waals surface area contributed by atoms with Crippen molar-refractivity contribution in [1.82, 2.24) is 0 Å². The molecule has 9 heteroatoms. The Morgan fingerprint density at radius 3 is 1.24 bits per heavy atom. The Balaban J connectivity index is 4.17. The third-order valence-electron chi connectivity index (χ3n) is 12.1. The van der Waals surface area contributed by atoms with Gasteiger partial charge in [-0.25, -0.2) is 4.57 Å². The molecule has 0 aliphatic rings. The monoisotopic (exact) mass is 1010 g/mol. The summed E-state index contributed by atoms with van der Waals surface area (Å²) in [5.41, 5.74) is 0. The van der Waals surface area contributed by atoms with Gasteiger partial charge in [0.05, 0.1) is 34.4 Å². The number of ether oxygens (including phenoxy) is 2. The first-order chi connectivity index (χ1) is 34.6. The van der Waals surface area contributed by atoms with Crippen LogP contribution in [0.4, 0.5) is 0 Å². The molecule has 0 aromatic rings. The number of phosphoric ester groups is 1. The number of nitrogens with zero attached hydrogens (tertiary/aromatic N) is 1. The number of unbranched alkanes of at least 4 members (excludes halogenated alkanes) is 23. The summed E-state index contributed by atoms with van der Waals surface area (Å²) in [7, 11) is 1.63. The molecule has 0 saturated heterocycles. The predicted molar refractivity (Wildman–Crippen MR) is 307 cm³/mol. The van der Waals surface area contributed by atoms with Crippen LogP contribution in [0.15, 0.2) is 97.2 Å². The molecule has 0 aliphatic carbocycles. The SMILES string of the molecule is CC/C=C\C/C=C\C/C=C\C/C=C\C/C=C\C/C=C\C/C=C\CCCCOCC(COP(=O)(O)OCC[N+](C)(C)C)OC(=O)CCCCCCCCCCCCCCC/C=C\CCCCCCCCCC. The van der Waals surface area contributed by atoms with Gasteiger partial charge in [-0.3, -0.25) is 13.8 Å². The van der Waals surface area contributed by atoms with Crippen LogP contribution in [0.2, 0.25) is 0 Å². The van der Waals surface area contributed by atoms with Crippen molar-refractivity contribution in [3.8, 4) is 0 Å². The number of allylic oxidation sites excluding steroid dienone is 16. The summed E-state index contributed by atoms with van der Waals surface area (Å²) in [6, 6.07) is 0. The molecule has 1 N–H and O–H groups in total. The van der Waals surface area contributed by atoms with E-state index in [2.05, 4.69) is 111 Å². The normalized spacial score (nSPS) is 14.2. The van der Waals surface area contributed by atoms with E-state index in [-0.39, 0.29) is 25.8 Å². The van der Waals surface area contributed by atoms with E-state index >= 15 is 0 Å². The number of rotatable bonds is 53. The Morgan fingerprint density at radius 2 is 0.817 bits per heavy atom. The van der Waals surface area contributed by atoms with E-state index in [9.17, 15) is 14.3 Å². The lowest BCUT2D eigenvalue weighted by atomic mass is 10.0. The highest BCUT2D eigenvalue weighted by atomic mass is 31.2.